The summed E-state index contributed by atoms with van der Waals surface area (Å²) >= 11 is 5.17. The van der Waals surface area contributed by atoms with E-state index in [1.54, 1.807) is 11.3 Å². The molecule has 1 amide bonds. The van der Waals surface area contributed by atoms with Crippen molar-refractivity contribution in [1.82, 2.24) is 4.98 Å². The van der Waals surface area contributed by atoms with Crippen LogP contribution in [-0.4, -0.2) is 10.9 Å². The molecule has 0 fully saturated rings. The van der Waals surface area contributed by atoms with Gasteiger partial charge in [-0.05, 0) is 79.2 Å². The molecule has 4 rings (SSSR count). The molecule has 0 aliphatic carbocycles. The Balaban J connectivity index is 1.87. The number of anilines is 1. The third-order valence-corrected chi connectivity index (χ3v) is 5.92. The molecule has 0 atom stereocenters. The van der Waals surface area contributed by atoms with Crippen molar-refractivity contribution in [2.45, 2.75) is 20.8 Å². The SMILES string of the molecule is Cc1cc(C)cc(NC(=O)c2cc(-c3cccs3)nc3c(C)cc(Br)cc23)c1. The summed E-state index contributed by atoms with van der Waals surface area (Å²) in [5.41, 5.74) is 6.36. The van der Waals surface area contributed by atoms with Gasteiger partial charge >= 0.3 is 0 Å². The highest BCUT2D eigenvalue weighted by atomic mass is 79.9. The van der Waals surface area contributed by atoms with Crippen molar-refractivity contribution in [2.75, 3.05) is 5.32 Å². The van der Waals surface area contributed by atoms with E-state index in [0.717, 1.165) is 48.3 Å². The normalized spacial score (nSPS) is 11.0. The largest absolute Gasteiger partial charge is 0.322 e. The summed E-state index contributed by atoms with van der Waals surface area (Å²) in [4.78, 5) is 19.1. The average Bonchev–Trinajstić information content (AvgIpc) is 3.14. The summed E-state index contributed by atoms with van der Waals surface area (Å²) in [6.45, 7) is 6.07. The Labute approximate surface area is 176 Å². The van der Waals surface area contributed by atoms with Crippen molar-refractivity contribution in [3.63, 3.8) is 0 Å². The second-order valence-corrected chi connectivity index (χ2v) is 8.85. The quantitative estimate of drug-likeness (QED) is 0.368. The summed E-state index contributed by atoms with van der Waals surface area (Å²) < 4.78 is 0.934. The number of halogens is 1. The maximum Gasteiger partial charge on any atom is 0.256 e. The van der Waals surface area contributed by atoms with Gasteiger partial charge in [0, 0.05) is 15.5 Å². The highest BCUT2D eigenvalue weighted by Gasteiger charge is 2.17. The fraction of sp³-hybridized carbons (Fsp3) is 0.130. The number of aryl methyl sites for hydroxylation is 3. The van der Waals surface area contributed by atoms with Crippen molar-refractivity contribution in [1.29, 1.82) is 0 Å². The predicted molar refractivity (Wildman–Crippen MR) is 121 cm³/mol. The molecule has 0 unspecified atom stereocenters. The molecular formula is C23H19BrN2OS. The molecule has 2 aromatic heterocycles. The van der Waals surface area contributed by atoms with Gasteiger partial charge in [-0.3, -0.25) is 4.79 Å². The molecule has 0 aliphatic rings. The number of amides is 1. The number of nitrogens with one attached hydrogen (secondary N) is 1. The first-order chi connectivity index (χ1) is 13.4. The van der Waals surface area contributed by atoms with Gasteiger partial charge in [-0.1, -0.05) is 28.1 Å². The van der Waals surface area contributed by atoms with Crippen LogP contribution in [0.1, 0.15) is 27.0 Å². The first-order valence-corrected chi connectivity index (χ1v) is 10.6. The molecule has 0 saturated heterocycles. The molecular weight excluding hydrogens is 432 g/mol. The van der Waals surface area contributed by atoms with Crippen molar-refractivity contribution >= 4 is 49.8 Å². The summed E-state index contributed by atoms with van der Waals surface area (Å²) in [6, 6.07) is 16.0. The molecule has 140 valence electrons. The molecule has 0 saturated carbocycles. The van der Waals surface area contributed by atoms with Crippen molar-refractivity contribution in [3.05, 3.63) is 80.6 Å². The number of hydrogen-bond donors (Lipinski definition) is 1. The first-order valence-electron chi connectivity index (χ1n) is 8.95. The molecule has 0 bridgehead atoms. The van der Waals surface area contributed by atoms with E-state index in [1.165, 1.54) is 0 Å². The lowest BCUT2D eigenvalue weighted by atomic mass is 10.0. The Morgan fingerprint density at radius 2 is 1.79 bits per heavy atom. The molecule has 0 spiro atoms. The zero-order valence-electron chi connectivity index (χ0n) is 15.8. The van der Waals surface area contributed by atoms with Crippen LogP contribution in [0.4, 0.5) is 5.69 Å². The molecule has 0 radical (unpaired) electrons. The van der Waals surface area contributed by atoms with Crippen LogP contribution in [0.15, 0.2) is 58.4 Å². The topological polar surface area (TPSA) is 42.0 Å². The number of rotatable bonds is 3. The van der Waals surface area contributed by atoms with Gasteiger partial charge in [0.1, 0.15) is 0 Å². The lowest BCUT2D eigenvalue weighted by molar-refractivity contribution is 0.102. The standard InChI is InChI=1S/C23H19BrN2OS/c1-13-7-14(2)9-17(8-13)25-23(27)19-12-20(21-5-4-6-28-21)26-22-15(3)10-16(24)11-18(19)22/h4-12H,1-3H3,(H,25,27). The lowest BCUT2D eigenvalue weighted by Crippen LogP contribution is -2.13. The van der Waals surface area contributed by atoms with E-state index in [-0.39, 0.29) is 5.91 Å². The number of fused-ring (bicyclic) bond motifs is 1. The van der Waals surface area contributed by atoms with Crippen LogP contribution in [0, 0.1) is 20.8 Å². The van der Waals surface area contributed by atoms with Crippen molar-refractivity contribution in [3.8, 4) is 10.6 Å². The van der Waals surface area contributed by atoms with E-state index in [9.17, 15) is 4.79 Å². The van der Waals surface area contributed by atoms with Crippen molar-refractivity contribution in [2.24, 2.45) is 0 Å². The van der Waals surface area contributed by atoms with Gasteiger partial charge in [0.25, 0.3) is 5.91 Å². The Morgan fingerprint density at radius 3 is 2.46 bits per heavy atom. The number of carbonyl (C=O) groups is 1. The number of nitrogens with zero attached hydrogens (tertiary/aromatic N) is 1. The minimum atomic E-state index is -0.132. The van der Waals surface area contributed by atoms with Gasteiger partial charge in [-0.15, -0.1) is 11.3 Å². The number of benzene rings is 2. The van der Waals surface area contributed by atoms with E-state index in [4.69, 9.17) is 4.98 Å². The lowest BCUT2D eigenvalue weighted by Gasteiger charge is -2.13. The molecule has 2 heterocycles. The monoisotopic (exact) mass is 450 g/mol. The van der Waals surface area contributed by atoms with Crippen LogP contribution in [0.3, 0.4) is 0 Å². The van der Waals surface area contributed by atoms with Gasteiger partial charge < -0.3 is 5.32 Å². The van der Waals surface area contributed by atoms with Crippen LogP contribution in [0.2, 0.25) is 0 Å². The molecule has 5 heteroatoms. The number of pyridine rings is 1. The predicted octanol–water partition coefficient (Wildman–Crippen LogP) is 6.90. The second kappa shape index (κ2) is 7.49. The Hall–Kier alpha value is -2.50. The van der Waals surface area contributed by atoms with Crippen LogP contribution in [-0.2, 0) is 0 Å². The number of hydrogen-bond acceptors (Lipinski definition) is 3. The summed E-state index contributed by atoms with van der Waals surface area (Å²) in [5.74, 6) is -0.132. The van der Waals surface area contributed by atoms with Gasteiger partial charge in [0.2, 0.25) is 0 Å². The number of thiophene rings is 1. The maximum absolute atomic E-state index is 13.2. The zero-order valence-corrected chi connectivity index (χ0v) is 18.2. The van der Waals surface area contributed by atoms with E-state index in [0.29, 0.717) is 5.56 Å². The van der Waals surface area contributed by atoms with Crippen molar-refractivity contribution < 1.29 is 4.79 Å². The third-order valence-electron chi connectivity index (χ3n) is 4.57. The third kappa shape index (κ3) is 3.73. The Morgan fingerprint density at radius 1 is 1.04 bits per heavy atom. The molecule has 28 heavy (non-hydrogen) atoms. The molecule has 1 N–H and O–H groups in total. The fourth-order valence-corrected chi connectivity index (χ4v) is 4.70. The first kappa shape index (κ1) is 18.8. The minimum Gasteiger partial charge on any atom is -0.322 e. The van der Waals surface area contributed by atoms with Crippen LogP contribution in [0.25, 0.3) is 21.5 Å². The van der Waals surface area contributed by atoms with Crippen LogP contribution < -0.4 is 5.32 Å². The van der Waals surface area contributed by atoms with Gasteiger partial charge in [-0.2, -0.15) is 0 Å². The van der Waals surface area contributed by atoms with E-state index < -0.39 is 0 Å². The Kier molecular flexibility index (Phi) is 5.04. The zero-order chi connectivity index (χ0) is 19.8. The summed E-state index contributed by atoms with van der Waals surface area (Å²) in [7, 11) is 0. The number of carbonyl (C=O) groups excluding carboxylic acids is 1. The second-order valence-electron chi connectivity index (χ2n) is 6.98. The average molecular weight is 451 g/mol. The van der Waals surface area contributed by atoms with Crippen LogP contribution in [0.5, 0.6) is 0 Å². The van der Waals surface area contributed by atoms with Gasteiger partial charge in [-0.25, -0.2) is 4.98 Å². The molecule has 4 aromatic rings. The molecule has 2 aromatic carbocycles. The smallest absolute Gasteiger partial charge is 0.256 e. The van der Waals surface area contributed by atoms with Gasteiger partial charge in [0.15, 0.2) is 0 Å². The maximum atomic E-state index is 13.2. The number of aromatic nitrogens is 1. The highest BCUT2D eigenvalue weighted by molar-refractivity contribution is 9.10. The minimum absolute atomic E-state index is 0.132. The van der Waals surface area contributed by atoms with E-state index >= 15 is 0 Å². The fourth-order valence-electron chi connectivity index (χ4n) is 3.44. The Bertz CT molecular complexity index is 1180. The summed E-state index contributed by atoms with van der Waals surface area (Å²) in [6.07, 6.45) is 0. The van der Waals surface area contributed by atoms with Crippen LogP contribution >= 0.6 is 27.3 Å². The summed E-state index contributed by atoms with van der Waals surface area (Å²) in [5, 5.41) is 5.93. The molecule has 0 aliphatic heterocycles. The van der Waals surface area contributed by atoms with E-state index in [2.05, 4.69) is 27.3 Å². The molecule has 3 nitrogen and oxygen atoms in total. The highest BCUT2D eigenvalue weighted by Crippen LogP contribution is 2.31. The van der Waals surface area contributed by atoms with Gasteiger partial charge in [0.05, 0.1) is 21.7 Å². The van der Waals surface area contributed by atoms with E-state index in [1.807, 2.05) is 68.6 Å².